The molecule has 0 aliphatic carbocycles. The highest BCUT2D eigenvalue weighted by Crippen LogP contribution is 2.20. The molecule has 2 aliphatic rings. The minimum absolute atomic E-state index is 0. The van der Waals surface area contributed by atoms with Crippen LogP contribution in [0.1, 0.15) is 18.6 Å². The van der Waals surface area contributed by atoms with Crippen molar-refractivity contribution >= 4 is 0 Å². The Labute approximate surface area is 143 Å². The Morgan fingerprint density at radius 1 is 0.708 bits per heavy atom. The van der Waals surface area contributed by atoms with Crippen molar-refractivity contribution in [2.45, 2.75) is 26.1 Å². The SMILES string of the molecule is C.c1cc(OCC2CO2)ccc1Cc1ccc(OCC2CO2)cc1. The first kappa shape index (κ1) is 16.8. The third-order valence-electron chi connectivity index (χ3n) is 3.93. The van der Waals surface area contributed by atoms with Crippen LogP contribution in [-0.2, 0) is 15.9 Å². The smallest absolute Gasteiger partial charge is 0.119 e. The van der Waals surface area contributed by atoms with Crippen molar-refractivity contribution in [3.8, 4) is 11.5 Å². The minimum atomic E-state index is 0. The van der Waals surface area contributed by atoms with Crippen molar-refractivity contribution in [3.63, 3.8) is 0 Å². The monoisotopic (exact) mass is 328 g/mol. The molecule has 4 nitrogen and oxygen atoms in total. The first-order valence-electron chi connectivity index (χ1n) is 8.02. The number of epoxide rings is 2. The second-order valence-electron chi connectivity index (χ2n) is 6.00. The lowest BCUT2D eigenvalue weighted by Crippen LogP contribution is -2.04. The molecule has 2 atom stereocenters. The van der Waals surface area contributed by atoms with E-state index in [0.29, 0.717) is 25.4 Å². The van der Waals surface area contributed by atoms with Gasteiger partial charge in [-0.05, 0) is 41.8 Å². The Bertz CT molecular complexity index is 570. The van der Waals surface area contributed by atoms with E-state index in [9.17, 15) is 0 Å². The Morgan fingerprint density at radius 2 is 1.08 bits per heavy atom. The Morgan fingerprint density at radius 3 is 1.42 bits per heavy atom. The van der Waals surface area contributed by atoms with Crippen molar-refractivity contribution in [1.82, 2.24) is 0 Å². The van der Waals surface area contributed by atoms with Gasteiger partial charge in [0.1, 0.15) is 36.9 Å². The van der Waals surface area contributed by atoms with Crippen molar-refractivity contribution < 1.29 is 18.9 Å². The maximum absolute atomic E-state index is 5.65. The second kappa shape index (κ2) is 7.69. The van der Waals surface area contributed by atoms with Crippen LogP contribution in [-0.4, -0.2) is 38.6 Å². The molecule has 2 unspecified atom stereocenters. The van der Waals surface area contributed by atoms with Gasteiger partial charge in [0.05, 0.1) is 13.2 Å². The molecule has 2 heterocycles. The molecule has 2 aromatic carbocycles. The molecule has 0 radical (unpaired) electrons. The van der Waals surface area contributed by atoms with Crippen LogP contribution in [0.4, 0.5) is 0 Å². The van der Waals surface area contributed by atoms with E-state index in [1.807, 2.05) is 24.3 Å². The Kier molecular flexibility index (Phi) is 5.38. The van der Waals surface area contributed by atoms with Gasteiger partial charge in [-0.1, -0.05) is 31.7 Å². The summed E-state index contributed by atoms with van der Waals surface area (Å²) in [6, 6.07) is 16.5. The van der Waals surface area contributed by atoms with E-state index in [2.05, 4.69) is 24.3 Å². The third kappa shape index (κ3) is 4.98. The van der Waals surface area contributed by atoms with E-state index in [1.54, 1.807) is 0 Å². The molecule has 0 aromatic heterocycles. The zero-order valence-electron chi connectivity index (χ0n) is 12.9. The molecule has 0 N–H and O–H groups in total. The van der Waals surface area contributed by atoms with Gasteiger partial charge in [-0.25, -0.2) is 0 Å². The molecule has 2 fully saturated rings. The fraction of sp³-hybridized carbons (Fsp3) is 0.400. The molecular weight excluding hydrogens is 304 g/mol. The summed E-state index contributed by atoms with van der Waals surface area (Å²) in [5.74, 6) is 1.80. The molecule has 24 heavy (non-hydrogen) atoms. The molecule has 0 amide bonds. The highest BCUT2D eigenvalue weighted by Gasteiger charge is 2.23. The zero-order chi connectivity index (χ0) is 15.5. The van der Waals surface area contributed by atoms with E-state index in [1.165, 1.54) is 11.1 Å². The summed E-state index contributed by atoms with van der Waals surface area (Å²) >= 11 is 0. The molecule has 0 bridgehead atoms. The van der Waals surface area contributed by atoms with E-state index in [0.717, 1.165) is 31.1 Å². The molecular formula is C20H24O4. The summed E-state index contributed by atoms with van der Waals surface area (Å²) in [6.07, 6.45) is 1.49. The van der Waals surface area contributed by atoms with E-state index in [-0.39, 0.29) is 7.43 Å². The zero-order valence-corrected chi connectivity index (χ0v) is 12.9. The summed E-state index contributed by atoms with van der Waals surface area (Å²) < 4.78 is 21.6. The maximum Gasteiger partial charge on any atom is 0.119 e. The second-order valence-corrected chi connectivity index (χ2v) is 6.00. The maximum atomic E-state index is 5.65. The highest BCUT2D eigenvalue weighted by molar-refractivity contribution is 5.34. The fourth-order valence-electron chi connectivity index (χ4n) is 2.35. The van der Waals surface area contributed by atoms with Crippen molar-refractivity contribution in [1.29, 1.82) is 0 Å². The summed E-state index contributed by atoms with van der Waals surface area (Å²) in [5, 5.41) is 0. The lowest BCUT2D eigenvalue weighted by molar-refractivity contribution is 0.263. The highest BCUT2D eigenvalue weighted by atomic mass is 16.6. The molecule has 4 heteroatoms. The van der Waals surface area contributed by atoms with E-state index < -0.39 is 0 Å². The number of rotatable bonds is 8. The van der Waals surface area contributed by atoms with Gasteiger partial charge in [0, 0.05) is 0 Å². The number of ether oxygens (including phenoxy) is 4. The first-order chi connectivity index (χ1) is 11.3. The first-order valence-corrected chi connectivity index (χ1v) is 8.02. The lowest BCUT2D eigenvalue weighted by Gasteiger charge is -2.07. The predicted molar refractivity (Wildman–Crippen MR) is 92.9 cm³/mol. The molecule has 0 spiro atoms. The van der Waals surface area contributed by atoms with Crippen molar-refractivity contribution in [2.75, 3.05) is 26.4 Å². The Balaban J connectivity index is 0.00000169. The van der Waals surface area contributed by atoms with Crippen LogP contribution in [0.3, 0.4) is 0 Å². The standard InChI is InChI=1S/C19H20O4.CH4/c1-5-16(20-10-18-12-22-18)6-2-14(1)9-15-3-7-17(8-4-15)21-11-19-13-23-19;/h1-8,18-19H,9-13H2;1H4. The summed E-state index contributed by atoms with van der Waals surface area (Å²) in [7, 11) is 0. The van der Waals surface area contributed by atoms with Crippen molar-refractivity contribution in [2.24, 2.45) is 0 Å². The quantitative estimate of drug-likeness (QED) is 0.696. The lowest BCUT2D eigenvalue weighted by atomic mass is 10.0. The molecule has 2 aliphatic heterocycles. The van der Waals surface area contributed by atoms with Gasteiger partial charge >= 0.3 is 0 Å². The predicted octanol–water partition coefficient (Wildman–Crippen LogP) is 3.47. The van der Waals surface area contributed by atoms with E-state index in [4.69, 9.17) is 18.9 Å². The van der Waals surface area contributed by atoms with Crippen LogP contribution < -0.4 is 9.47 Å². The third-order valence-corrected chi connectivity index (χ3v) is 3.93. The summed E-state index contributed by atoms with van der Waals surface area (Å²) in [5.41, 5.74) is 2.53. The van der Waals surface area contributed by atoms with E-state index >= 15 is 0 Å². The van der Waals surface area contributed by atoms with Crippen LogP contribution in [0.5, 0.6) is 11.5 Å². The normalized spacial score (nSPS) is 20.8. The largest absolute Gasteiger partial charge is 0.491 e. The van der Waals surface area contributed by atoms with Gasteiger partial charge in [-0.3, -0.25) is 0 Å². The van der Waals surface area contributed by atoms with Crippen LogP contribution >= 0.6 is 0 Å². The van der Waals surface area contributed by atoms with Crippen LogP contribution in [0, 0.1) is 0 Å². The average molecular weight is 328 g/mol. The fourth-order valence-corrected chi connectivity index (χ4v) is 2.35. The minimum Gasteiger partial charge on any atom is -0.491 e. The Hall–Kier alpha value is -2.04. The number of hydrogen-bond donors (Lipinski definition) is 0. The van der Waals surface area contributed by atoms with Gasteiger partial charge in [0.15, 0.2) is 0 Å². The van der Waals surface area contributed by atoms with Gasteiger partial charge in [-0.15, -0.1) is 0 Å². The van der Waals surface area contributed by atoms with Crippen molar-refractivity contribution in [3.05, 3.63) is 59.7 Å². The molecule has 128 valence electrons. The summed E-state index contributed by atoms with van der Waals surface area (Å²) in [6.45, 7) is 2.94. The van der Waals surface area contributed by atoms with Crippen LogP contribution in [0.25, 0.3) is 0 Å². The number of benzene rings is 2. The topological polar surface area (TPSA) is 43.5 Å². The molecule has 0 saturated carbocycles. The van der Waals surface area contributed by atoms with Gasteiger partial charge in [-0.2, -0.15) is 0 Å². The van der Waals surface area contributed by atoms with Gasteiger partial charge in [0.25, 0.3) is 0 Å². The average Bonchev–Trinajstić information content (AvgIpc) is 3.48. The van der Waals surface area contributed by atoms with Crippen LogP contribution in [0.15, 0.2) is 48.5 Å². The summed E-state index contributed by atoms with van der Waals surface area (Å²) in [4.78, 5) is 0. The molecule has 4 rings (SSSR count). The number of hydrogen-bond acceptors (Lipinski definition) is 4. The van der Waals surface area contributed by atoms with Gasteiger partial charge < -0.3 is 18.9 Å². The molecule has 2 aromatic rings. The molecule has 2 saturated heterocycles. The van der Waals surface area contributed by atoms with Gasteiger partial charge in [0.2, 0.25) is 0 Å². The van der Waals surface area contributed by atoms with Crippen LogP contribution in [0.2, 0.25) is 0 Å².